The third-order valence-corrected chi connectivity index (χ3v) is 5.88. The highest BCUT2D eigenvalue weighted by Gasteiger charge is 2.26. The van der Waals surface area contributed by atoms with E-state index >= 15 is 0 Å². The van der Waals surface area contributed by atoms with Gasteiger partial charge in [-0.25, -0.2) is 9.59 Å². The van der Waals surface area contributed by atoms with Crippen LogP contribution in [0.15, 0.2) is 22.7 Å². The first kappa shape index (κ1) is 23.4. The molecule has 0 saturated carbocycles. The van der Waals surface area contributed by atoms with E-state index in [1.54, 1.807) is 7.11 Å². The van der Waals surface area contributed by atoms with Gasteiger partial charge >= 0.3 is 11.9 Å². The van der Waals surface area contributed by atoms with Crippen LogP contribution in [0.25, 0.3) is 0 Å². The molecule has 160 valence electrons. The van der Waals surface area contributed by atoms with Crippen LogP contribution in [0.4, 0.5) is 5.69 Å². The van der Waals surface area contributed by atoms with Crippen LogP contribution >= 0.6 is 15.9 Å². The van der Waals surface area contributed by atoms with Gasteiger partial charge in [0.25, 0.3) is 0 Å². The molecule has 1 unspecified atom stereocenters. The number of aryl methyl sites for hydroxylation is 1. The van der Waals surface area contributed by atoms with Crippen molar-refractivity contribution in [3.8, 4) is 0 Å². The summed E-state index contributed by atoms with van der Waals surface area (Å²) in [6.45, 7) is 7.41. The molecule has 2 aliphatic rings. The van der Waals surface area contributed by atoms with Crippen molar-refractivity contribution in [2.24, 2.45) is 0 Å². The Labute approximate surface area is 179 Å². The number of halogens is 1. The summed E-state index contributed by atoms with van der Waals surface area (Å²) >= 11 is 3.95. The van der Waals surface area contributed by atoms with E-state index in [-0.39, 0.29) is 0 Å². The van der Waals surface area contributed by atoms with E-state index in [0.717, 1.165) is 39.2 Å². The number of hydrogen-bond acceptors (Lipinski definition) is 5. The van der Waals surface area contributed by atoms with Crippen molar-refractivity contribution >= 4 is 33.6 Å². The fraction of sp³-hybridized carbons (Fsp3) is 0.524. The Morgan fingerprint density at radius 2 is 1.97 bits per heavy atom. The number of nitrogens with zero attached hydrogens (tertiary/aromatic N) is 1. The quantitative estimate of drug-likeness (QED) is 0.571. The van der Waals surface area contributed by atoms with Gasteiger partial charge < -0.3 is 25.2 Å². The number of rotatable bonds is 5. The van der Waals surface area contributed by atoms with Crippen LogP contribution in [-0.2, 0) is 27.2 Å². The number of carboxylic acids is 2. The summed E-state index contributed by atoms with van der Waals surface area (Å²) in [7, 11) is 1.78. The molecule has 7 nitrogen and oxygen atoms in total. The summed E-state index contributed by atoms with van der Waals surface area (Å²) in [5, 5.41) is 19.2. The molecular weight excluding hydrogens is 440 g/mol. The Morgan fingerprint density at radius 3 is 2.59 bits per heavy atom. The van der Waals surface area contributed by atoms with Crippen molar-refractivity contribution < 1.29 is 24.5 Å². The summed E-state index contributed by atoms with van der Waals surface area (Å²) in [5.41, 5.74) is 5.98. The normalized spacial score (nSPS) is 18.3. The molecule has 1 aromatic rings. The lowest BCUT2D eigenvalue weighted by Crippen LogP contribution is -2.33. The van der Waals surface area contributed by atoms with E-state index in [0.29, 0.717) is 18.1 Å². The smallest absolute Gasteiger partial charge is 0.328 e. The minimum absolute atomic E-state index is 0.558. The van der Waals surface area contributed by atoms with Crippen molar-refractivity contribution in [2.75, 3.05) is 44.8 Å². The topological polar surface area (TPSA) is 99.1 Å². The molecular formula is C21H29BrN2O5. The maximum Gasteiger partial charge on any atom is 0.328 e. The number of carbonyl (C=O) groups is 2. The minimum Gasteiger partial charge on any atom is -0.478 e. The van der Waals surface area contributed by atoms with Crippen LogP contribution in [0.1, 0.15) is 36.0 Å². The molecule has 0 spiro atoms. The lowest BCUT2D eigenvalue weighted by molar-refractivity contribution is -0.134. The third kappa shape index (κ3) is 6.55. The molecule has 0 amide bonds. The van der Waals surface area contributed by atoms with Crippen LogP contribution < -0.4 is 10.2 Å². The minimum atomic E-state index is -1.26. The predicted molar refractivity (Wildman–Crippen MR) is 116 cm³/mol. The van der Waals surface area contributed by atoms with E-state index in [4.69, 9.17) is 14.9 Å². The molecule has 1 atom stereocenters. The Morgan fingerprint density at radius 1 is 1.28 bits per heavy atom. The van der Waals surface area contributed by atoms with Crippen molar-refractivity contribution in [3.63, 3.8) is 0 Å². The van der Waals surface area contributed by atoms with Crippen LogP contribution in [0.3, 0.4) is 0 Å². The largest absolute Gasteiger partial charge is 0.478 e. The zero-order valence-electron chi connectivity index (χ0n) is 16.9. The van der Waals surface area contributed by atoms with E-state index in [2.05, 4.69) is 39.1 Å². The second-order valence-electron chi connectivity index (χ2n) is 7.22. The first-order valence-corrected chi connectivity index (χ1v) is 10.6. The van der Waals surface area contributed by atoms with E-state index in [1.165, 1.54) is 39.7 Å². The lowest BCUT2D eigenvalue weighted by Gasteiger charge is -2.34. The summed E-state index contributed by atoms with van der Waals surface area (Å²) in [5.74, 6) is -1.95. The number of anilines is 1. The molecule has 0 aromatic heterocycles. The number of carboxylic acid groups (broad SMARTS) is 2. The van der Waals surface area contributed by atoms with E-state index in [9.17, 15) is 9.59 Å². The van der Waals surface area contributed by atoms with Crippen molar-refractivity contribution in [3.05, 3.63) is 39.4 Å². The fourth-order valence-corrected chi connectivity index (χ4v) is 4.97. The van der Waals surface area contributed by atoms with Crippen LogP contribution in [-0.4, -0.2) is 62.0 Å². The van der Waals surface area contributed by atoms with Crippen molar-refractivity contribution in [1.29, 1.82) is 0 Å². The number of aliphatic carboxylic acids is 2. The van der Waals surface area contributed by atoms with Gasteiger partial charge in [0, 0.05) is 43.4 Å². The van der Waals surface area contributed by atoms with Gasteiger partial charge in [-0.2, -0.15) is 0 Å². The maximum atomic E-state index is 9.55. The molecule has 3 rings (SSSR count). The Balaban J connectivity index is 0.000000321. The standard InChI is InChI=1S/C17H25BrN2O.C4H4O4/c1-12-11-19-6-5-13-10-14-4-3-7-20(8-9-21-2)17(14)16(18)15(12)13;5-3(6)1-2-4(7)8/h10,12,19H,3-9,11H2,1-2H3;1-2H,(H,5,6)(H,7,8)/b;2-1+. The summed E-state index contributed by atoms with van der Waals surface area (Å²) < 4.78 is 6.62. The second-order valence-corrected chi connectivity index (χ2v) is 8.01. The zero-order valence-corrected chi connectivity index (χ0v) is 18.5. The van der Waals surface area contributed by atoms with Crippen molar-refractivity contribution in [1.82, 2.24) is 5.32 Å². The van der Waals surface area contributed by atoms with Gasteiger partial charge in [-0.1, -0.05) is 13.0 Å². The van der Waals surface area contributed by atoms with Gasteiger partial charge in [0.15, 0.2) is 0 Å². The Hall–Kier alpha value is -1.90. The molecule has 0 aliphatic carbocycles. The summed E-state index contributed by atoms with van der Waals surface area (Å²) in [6.07, 6.45) is 4.70. The van der Waals surface area contributed by atoms with E-state index < -0.39 is 11.9 Å². The van der Waals surface area contributed by atoms with Gasteiger partial charge in [-0.05, 0) is 64.3 Å². The highest BCUT2D eigenvalue weighted by atomic mass is 79.9. The molecule has 29 heavy (non-hydrogen) atoms. The lowest BCUT2D eigenvalue weighted by atomic mass is 9.89. The summed E-state index contributed by atoms with van der Waals surface area (Å²) in [6, 6.07) is 2.47. The monoisotopic (exact) mass is 468 g/mol. The number of nitrogens with one attached hydrogen (secondary N) is 1. The van der Waals surface area contributed by atoms with Gasteiger partial charge in [0.2, 0.25) is 0 Å². The van der Waals surface area contributed by atoms with Gasteiger partial charge in [0.05, 0.1) is 12.3 Å². The van der Waals surface area contributed by atoms with Crippen molar-refractivity contribution in [2.45, 2.75) is 32.1 Å². The number of fused-ring (bicyclic) bond motifs is 2. The first-order chi connectivity index (χ1) is 13.8. The molecule has 0 fully saturated rings. The SMILES string of the molecule is COCCN1CCCc2cc3c(c(Br)c21)C(C)CNCC3.O=C(O)/C=C/C(=O)O. The third-order valence-electron chi connectivity index (χ3n) is 5.08. The molecule has 0 bridgehead atoms. The highest BCUT2D eigenvalue weighted by Crippen LogP contribution is 2.42. The van der Waals surface area contributed by atoms with Gasteiger partial charge in [0.1, 0.15) is 0 Å². The number of benzene rings is 1. The average molecular weight is 469 g/mol. The molecule has 1 aromatic carbocycles. The molecule has 3 N–H and O–H groups in total. The Kier molecular flexibility index (Phi) is 9.13. The highest BCUT2D eigenvalue weighted by molar-refractivity contribution is 9.10. The van der Waals surface area contributed by atoms with Gasteiger partial charge in [-0.3, -0.25) is 0 Å². The van der Waals surface area contributed by atoms with Crippen LogP contribution in [0, 0.1) is 0 Å². The molecule has 2 heterocycles. The predicted octanol–water partition coefficient (Wildman–Crippen LogP) is 2.81. The molecule has 0 saturated heterocycles. The summed E-state index contributed by atoms with van der Waals surface area (Å²) in [4.78, 5) is 21.6. The number of hydrogen-bond donors (Lipinski definition) is 3. The van der Waals surface area contributed by atoms with Gasteiger partial charge in [-0.15, -0.1) is 0 Å². The van der Waals surface area contributed by atoms with Crippen LogP contribution in [0.2, 0.25) is 0 Å². The zero-order chi connectivity index (χ0) is 21.4. The molecule has 2 aliphatic heterocycles. The van der Waals surface area contributed by atoms with Crippen LogP contribution in [0.5, 0.6) is 0 Å². The molecule has 0 radical (unpaired) electrons. The van der Waals surface area contributed by atoms with E-state index in [1.807, 2.05) is 0 Å². The maximum absolute atomic E-state index is 9.55. The first-order valence-electron chi connectivity index (χ1n) is 9.77. The number of ether oxygens (including phenoxy) is 1. The Bertz CT molecular complexity index is 750. The average Bonchev–Trinajstić information content (AvgIpc) is 2.86. The fourth-order valence-electron chi connectivity index (χ4n) is 3.82. The second kappa shape index (κ2) is 11.3. The molecule has 8 heteroatoms. The number of methoxy groups -OCH3 is 1.